The first kappa shape index (κ1) is 17.0. The maximum absolute atomic E-state index is 10.8. The highest BCUT2D eigenvalue weighted by molar-refractivity contribution is 5.99. The molecule has 7 heteroatoms. The number of amidine groups is 1. The third-order valence-corrected chi connectivity index (χ3v) is 3.37. The first-order valence-electron chi connectivity index (χ1n) is 7.81. The monoisotopic (exact) mass is 345 g/mol. The predicted molar refractivity (Wildman–Crippen MR) is 101 cm³/mol. The van der Waals surface area contributed by atoms with E-state index >= 15 is 0 Å². The smallest absolute Gasteiger partial charge is 0.260 e. The number of nitro benzene ring substituents is 1. The van der Waals surface area contributed by atoms with Gasteiger partial charge in [0.25, 0.3) is 5.69 Å². The Morgan fingerprint density at radius 2 is 1.85 bits per heavy atom. The van der Waals surface area contributed by atoms with Crippen LogP contribution < -0.4 is 5.43 Å². The zero-order valence-corrected chi connectivity index (χ0v) is 13.7. The quantitative estimate of drug-likeness (QED) is 0.330. The van der Waals surface area contributed by atoms with Gasteiger partial charge in [-0.15, -0.1) is 0 Å². The van der Waals surface area contributed by atoms with Crippen LogP contribution in [0.3, 0.4) is 0 Å². The molecule has 0 aliphatic heterocycles. The summed E-state index contributed by atoms with van der Waals surface area (Å²) in [7, 11) is 0. The number of hydrogen-bond donors (Lipinski definition) is 1. The molecule has 0 spiro atoms. The van der Waals surface area contributed by atoms with Crippen molar-refractivity contribution in [2.24, 2.45) is 10.1 Å². The molecular formula is C19H15N5O2. The average molecular weight is 345 g/mol. The van der Waals surface area contributed by atoms with Crippen LogP contribution in [0.25, 0.3) is 0 Å². The molecule has 1 N–H and O–H groups in total. The summed E-state index contributed by atoms with van der Waals surface area (Å²) in [6.07, 6.45) is 3.16. The zero-order chi connectivity index (χ0) is 18.2. The van der Waals surface area contributed by atoms with Gasteiger partial charge in [0.05, 0.1) is 16.8 Å². The van der Waals surface area contributed by atoms with Crippen LogP contribution in [0, 0.1) is 10.1 Å². The Hall–Kier alpha value is -3.87. The first-order chi connectivity index (χ1) is 12.7. The highest BCUT2D eigenvalue weighted by Crippen LogP contribution is 2.13. The van der Waals surface area contributed by atoms with Crippen molar-refractivity contribution in [1.82, 2.24) is 10.4 Å². The highest BCUT2D eigenvalue weighted by atomic mass is 16.6. The Bertz CT molecular complexity index is 940. The molecule has 0 radical (unpaired) electrons. The van der Waals surface area contributed by atoms with Crippen LogP contribution in [-0.4, -0.2) is 22.0 Å². The van der Waals surface area contributed by atoms with E-state index in [0.29, 0.717) is 17.1 Å². The molecule has 7 nitrogen and oxygen atoms in total. The van der Waals surface area contributed by atoms with Gasteiger partial charge in [-0.2, -0.15) is 5.10 Å². The highest BCUT2D eigenvalue weighted by Gasteiger charge is 2.05. The van der Waals surface area contributed by atoms with Gasteiger partial charge >= 0.3 is 0 Å². The van der Waals surface area contributed by atoms with Gasteiger partial charge in [-0.3, -0.25) is 20.5 Å². The number of pyridine rings is 1. The van der Waals surface area contributed by atoms with Crippen molar-refractivity contribution in [3.63, 3.8) is 0 Å². The second-order valence-electron chi connectivity index (χ2n) is 5.23. The lowest BCUT2D eigenvalue weighted by Gasteiger charge is -2.05. The van der Waals surface area contributed by atoms with E-state index in [-0.39, 0.29) is 5.69 Å². The van der Waals surface area contributed by atoms with E-state index < -0.39 is 4.92 Å². The molecule has 3 rings (SSSR count). The van der Waals surface area contributed by atoms with Crippen molar-refractivity contribution in [2.75, 3.05) is 0 Å². The molecule has 0 bridgehead atoms. The Morgan fingerprint density at radius 1 is 1.04 bits per heavy atom. The first-order valence-corrected chi connectivity index (χ1v) is 7.81. The molecule has 0 fully saturated rings. The van der Waals surface area contributed by atoms with Gasteiger partial charge in [0.15, 0.2) is 5.84 Å². The standard InChI is InChI=1S/C19H15N5O2/c25-24(26)17-10-6-7-15(13-17)14-21-23-19(18-11-4-5-12-20-18)22-16-8-2-1-3-9-16/h1-14H,(H,22,23). The van der Waals surface area contributed by atoms with Crippen LogP contribution in [0.15, 0.2) is 89.1 Å². The van der Waals surface area contributed by atoms with Crippen LogP contribution >= 0.6 is 0 Å². The summed E-state index contributed by atoms with van der Waals surface area (Å²) in [4.78, 5) is 19.2. The Morgan fingerprint density at radius 3 is 2.58 bits per heavy atom. The number of nitrogens with zero attached hydrogens (tertiary/aromatic N) is 4. The summed E-state index contributed by atoms with van der Waals surface area (Å²) in [5.41, 5.74) is 4.87. The van der Waals surface area contributed by atoms with Gasteiger partial charge in [0, 0.05) is 23.9 Å². The van der Waals surface area contributed by atoms with Crippen LogP contribution in [0.2, 0.25) is 0 Å². The van der Waals surface area contributed by atoms with Crippen LogP contribution in [0.5, 0.6) is 0 Å². The molecule has 26 heavy (non-hydrogen) atoms. The topological polar surface area (TPSA) is 92.8 Å². The molecule has 2 aromatic carbocycles. The Kier molecular flexibility index (Phi) is 5.41. The molecule has 128 valence electrons. The molecule has 0 unspecified atom stereocenters. The minimum Gasteiger partial charge on any atom is -0.260 e. The van der Waals surface area contributed by atoms with Gasteiger partial charge in [-0.05, 0) is 24.3 Å². The summed E-state index contributed by atoms with van der Waals surface area (Å²) >= 11 is 0. The second-order valence-corrected chi connectivity index (χ2v) is 5.23. The lowest BCUT2D eigenvalue weighted by atomic mass is 10.2. The normalized spacial score (nSPS) is 11.5. The summed E-state index contributed by atoms with van der Waals surface area (Å²) in [5.74, 6) is 0.471. The number of aliphatic imine (C=N–C) groups is 1. The van der Waals surface area contributed by atoms with Crippen LogP contribution in [0.4, 0.5) is 11.4 Å². The fourth-order valence-electron chi connectivity index (χ4n) is 2.16. The SMILES string of the molecule is O=[N+]([O-])c1cccc(C=NNC(=Nc2ccccc2)c2ccccn2)c1. The fraction of sp³-hybridized carbons (Fsp3) is 0. The number of nitro groups is 1. The molecule has 3 aromatic rings. The van der Waals surface area contributed by atoms with E-state index in [0.717, 1.165) is 5.69 Å². The van der Waals surface area contributed by atoms with Crippen molar-refractivity contribution in [1.29, 1.82) is 0 Å². The molecule has 0 atom stereocenters. The summed E-state index contributed by atoms with van der Waals surface area (Å²) in [6, 6.07) is 21.1. The number of rotatable bonds is 5. The lowest BCUT2D eigenvalue weighted by Crippen LogP contribution is -2.20. The molecular weight excluding hydrogens is 330 g/mol. The molecule has 1 aromatic heterocycles. The number of nitrogens with one attached hydrogen (secondary N) is 1. The number of hydrazone groups is 1. The van der Waals surface area contributed by atoms with Gasteiger partial charge in [-0.1, -0.05) is 36.4 Å². The Balaban J connectivity index is 1.84. The number of non-ortho nitro benzene ring substituents is 1. The lowest BCUT2D eigenvalue weighted by molar-refractivity contribution is -0.384. The van der Waals surface area contributed by atoms with E-state index in [1.54, 1.807) is 18.3 Å². The summed E-state index contributed by atoms with van der Waals surface area (Å²) in [6.45, 7) is 0. The fourth-order valence-corrected chi connectivity index (χ4v) is 2.16. The van der Waals surface area contributed by atoms with Crippen molar-refractivity contribution in [3.8, 4) is 0 Å². The molecule has 0 aliphatic carbocycles. The van der Waals surface area contributed by atoms with Crippen molar-refractivity contribution in [2.45, 2.75) is 0 Å². The summed E-state index contributed by atoms with van der Waals surface area (Å²) < 4.78 is 0. The van der Waals surface area contributed by atoms with Crippen LogP contribution in [-0.2, 0) is 0 Å². The molecule has 0 amide bonds. The predicted octanol–water partition coefficient (Wildman–Crippen LogP) is 3.69. The maximum Gasteiger partial charge on any atom is 0.270 e. The zero-order valence-electron chi connectivity index (χ0n) is 13.7. The molecule has 1 heterocycles. The molecule has 0 saturated carbocycles. The number of aromatic nitrogens is 1. The summed E-state index contributed by atoms with van der Waals surface area (Å²) in [5, 5.41) is 15.0. The van der Waals surface area contributed by atoms with Crippen molar-refractivity contribution in [3.05, 3.63) is 100 Å². The maximum atomic E-state index is 10.8. The van der Waals surface area contributed by atoms with Gasteiger partial charge in [0.1, 0.15) is 5.69 Å². The van der Waals surface area contributed by atoms with Gasteiger partial charge < -0.3 is 0 Å². The van der Waals surface area contributed by atoms with Crippen molar-refractivity contribution < 1.29 is 4.92 Å². The van der Waals surface area contributed by atoms with Crippen molar-refractivity contribution >= 4 is 23.4 Å². The van der Waals surface area contributed by atoms with E-state index in [2.05, 4.69) is 20.5 Å². The second kappa shape index (κ2) is 8.29. The van der Waals surface area contributed by atoms with E-state index in [1.165, 1.54) is 18.3 Å². The largest absolute Gasteiger partial charge is 0.270 e. The third kappa shape index (κ3) is 4.57. The Labute approximate surface area is 149 Å². The number of para-hydroxylation sites is 1. The third-order valence-electron chi connectivity index (χ3n) is 3.37. The molecule has 0 aliphatic rings. The van der Waals surface area contributed by atoms with Crippen LogP contribution in [0.1, 0.15) is 11.3 Å². The minimum atomic E-state index is -0.444. The number of hydrogen-bond acceptors (Lipinski definition) is 5. The minimum absolute atomic E-state index is 0.0110. The average Bonchev–Trinajstić information content (AvgIpc) is 2.69. The van der Waals surface area contributed by atoms with E-state index in [4.69, 9.17) is 0 Å². The van der Waals surface area contributed by atoms with Gasteiger partial charge in [0.2, 0.25) is 0 Å². The van der Waals surface area contributed by atoms with Gasteiger partial charge in [-0.25, -0.2) is 4.99 Å². The van der Waals surface area contributed by atoms with E-state index in [9.17, 15) is 10.1 Å². The molecule has 0 saturated heterocycles. The number of benzene rings is 2. The van der Waals surface area contributed by atoms with E-state index in [1.807, 2.05) is 48.5 Å².